The quantitative estimate of drug-likeness (QED) is 0.599. The molecule has 0 saturated heterocycles. The van der Waals surface area contributed by atoms with Gasteiger partial charge in [0.15, 0.2) is 5.82 Å². The SMILES string of the molecule is CC(=O)N(C)CCN(C)c1cncc(Oc2ccc(-c3ccnc(C#N)c3)cc2)n1. The summed E-state index contributed by atoms with van der Waals surface area (Å²) in [7, 11) is 3.65. The van der Waals surface area contributed by atoms with E-state index >= 15 is 0 Å². The second-order valence-electron chi connectivity index (χ2n) is 6.75. The molecular formula is C22H22N6O2. The van der Waals surface area contributed by atoms with Gasteiger partial charge >= 0.3 is 0 Å². The van der Waals surface area contributed by atoms with Crippen molar-refractivity contribution < 1.29 is 9.53 Å². The van der Waals surface area contributed by atoms with Crippen LogP contribution in [0.25, 0.3) is 11.1 Å². The Morgan fingerprint density at radius 2 is 1.87 bits per heavy atom. The van der Waals surface area contributed by atoms with Crippen LogP contribution in [0.2, 0.25) is 0 Å². The van der Waals surface area contributed by atoms with E-state index in [9.17, 15) is 4.79 Å². The van der Waals surface area contributed by atoms with E-state index in [-0.39, 0.29) is 5.91 Å². The number of benzene rings is 1. The first-order valence-corrected chi connectivity index (χ1v) is 9.35. The highest BCUT2D eigenvalue weighted by Gasteiger charge is 2.09. The van der Waals surface area contributed by atoms with Gasteiger partial charge in [-0.2, -0.15) is 10.2 Å². The summed E-state index contributed by atoms with van der Waals surface area (Å²) < 4.78 is 5.84. The molecular weight excluding hydrogens is 380 g/mol. The van der Waals surface area contributed by atoms with E-state index in [0.29, 0.717) is 36.2 Å². The number of nitrogens with zero attached hydrogens (tertiary/aromatic N) is 6. The summed E-state index contributed by atoms with van der Waals surface area (Å²) >= 11 is 0. The molecule has 3 rings (SSSR count). The molecule has 2 heterocycles. The lowest BCUT2D eigenvalue weighted by Gasteiger charge is -2.22. The first kappa shape index (κ1) is 20.7. The van der Waals surface area contributed by atoms with Crippen LogP contribution < -0.4 is 9.64 Å². The molecule has 0 spiro atoms. The zero-order chi connectivity index (χ0) is 21.5. The highest BCUT2D eigenvalue weighted by atomic mass is 16.5. The minimum atomic E-state index is 0.0191. The minimum absolute atomic E-state index is 0.0191. The molecule has 0 bridgehead atoms. The minimum Gasteiger partial charge on any atom is -0.437 e. The van der Waals surface area contributed by atoms with Gasteiger partial charge in [-0.1, -0.05) is 12.1 Å². The lowest BCUT2D eigenvalue weighted by Crippen LogP contribution is -2.33. The molecule has 3 aromatic rings. The molecule has 0 atom stereocenters. The van der Waals surface area contributed by atoms with Crippen molar-refractivity contribution in [3.63, 3.8) is 0 Å². The number of hydrogen-bond acceptors (Lipinski definition) is 7. The number of anilines is 1. The molecule has 1 aromatic carbocycles. The maximum absolute atomic E-state index is 11.3. The van der Waals surface area contributed by atoms with Crippen molar-refractivity contribution in [1.29, 1.82) is 5.26 Å². The number of amides is 1. The van der Waals surface area contributed by atoms with Crippen LogP contribution in [0.5, 0.6) is 11.6 Å². The first-order valence-electron chi connectivity index (χ1n) is 9.35. The van der Waals surface area contributed by atoms with Crippen LogP contribution >= 0.6 is 0 Å². The standard InChI is InChI=1S/C22H22N6O2/c1-16(29)27(2)10-11-28(3)21-14-24-15-22(26-21)30-20-6-4-17(5-7-20)18-8-9-25-19(12-18)13-23/h4-9,12,14-15H,10-11H2,1-3H3. The Labute approximate surface area is 175 Å². The summed E-state index contributed by atoms with van der Waals surface area (Å²) in [5, 5.41) is 9.00. The van der Waals surface area contributed by atoms with Gasteiger partial charge in [-0.3, -0.25) is 9.78 Å². The van der Waals surface area contributed by atoms with E-state index in [2.05, 4.69) is 15.0 Å². The van der Waals surface area contributed by atoms with E-state index in [1.54, 1.807) is 36.6 Å². The molecule has 0 fully saturated rings. The van der Waals surface area contributed by atoms with Gasteiger partial charge in [0, 0.05) is 40.3 Å². The summed E-state index contributed by atoms with van der Waals surface area (Å²) in [6.07, 6.45) is 4.82. The van der Waals surface area contributed by atoms with Gasteiger partial charge in [-0.25, -0.2) is 4.98 Å². The molecule has 0 N–H and O–H groups in total. The van der Waals surface area contributed by atoms with Crippen molar-refractivity contribution >= 4 is 11.7 Å². The first-order chi connectivity index (χ1) is 14.5. The lowest BCUT2D eigenvalue weighted by molar-refractivity contribution is -0.127. The van der Waals surface area contributed by atoms with E-state index in [4.69, 9.17) is 10.00 Å². The molecule has 8 nitrogen and oxygen atoms in total. The van der Waals surface area contributed by atoms with Crippen LogP contribution in [-0.4, -0.2) is 52.9 Å². The molecule has 0 radical (unpaired) electrons. The number of carbonyl (C=O) groups is 1. The molecule has 8 heteroatoms. The third kappa shape index (κ3) is 5.29. The zero-order valence-electron chi connectivity index (χ0n) is 17.1. The van der Waals surface area contributed by atoms with E-state index < -0.39 is 0 Å². The normalized spacial score (nSPS) is 10.2. The number of pyridine rings is 1. The van der Waals surface area contributed by atoms with Crippen molar-refractivity contribution in [2.45, 2.75) is 6.92 Å². The predicted octanol–water partition coefficient (Wildman–Crippen LogP) is 3.12. The molecule has 152 valence electrons. The zero-order valence-corrected chi connectivity index (χ0v) is 17.1. The summed E-state index contributed by atoms with van der Waals surface area (Å²) in [5.41, 5.74) is 2.24. The summed E-state index contributed by atoms with van der Waals surface area (Å²) in [5.74, 6) is 1.67. The Morgan fingerprint density at radius 3 is 2.57 bits per heavy atom. The largest absolute Gasteiger partial charge is 0.437 e. The predicted molar refractivity (Wildman–Crippen MR) is 113 cm³/mol. The maximum Gasteiger partial charge on any atom is 0.239 e. The molecule has 0 aliphatic heterocycles. The van der Waals surface area contributed by atoms with E-state index in [1.807, 2.05) is 48.3 Å². The van der Waals surface area contributed by atoms with E-state index in [1.165, 1.54) is 6.92 Å². The third-order valence-corrected chi connectivity index (χ3v) is 4.58. The second-order valence-corrected chi connectivity index (χ2v) is 6.75. The van der Waals surface area contributed by atoms with Gasteiger partial charge in [0.2, 0.25) is 11.8 Å². The Kier molecular flexibility index (Phi) is 6.55. The number of rotatable bonds is 7. The molecule has 30 heavy (non-hydrogen) atoms. The van der Waals surface area contributed by atoms with Gasteiger partial charge < -0.3 is 14.5 Å². The topological polar surface area (TPSA) is 95.2 Å². The van der Waals surface area contributed by atoms with Crippen molar-refractivity contribution in [3.8, 4) is 28.8 Å². The fourth-order valence-electron chi connectivity index (χ4n) is 2.65. The van der Waals surface area contributed by atoms with Crippen LogP contribution in [0, 0.1) is 11.3 Å². The average Bonchev–Trinajstić information content (AvgIpc) is 2.77. The monoisotopic (exact) mass is 402 g/mol. The molecule has 0 aliphatic rings. The number of ether oxygens (including phenoxy) is 1. The summed E-state index contributed by atoms with van der Waals surface area (Å²) in [6.45, 7) is 2.75. The smallest absolute Gasteiger partial charge is 0.239 e. The molecule has 0 unspecified atom stereocenters. The fourth-order valence-corrected chi connectivity index (χ4v) is 2.65. The van der Waals surface area contributed by atoms with Gasteiger partial charge in [0.25, 0.3) is 0 Å². The van der Waals surface area contributed by atoms with Crippen LogP contribution in [0.4, 0.5) is 5.82 Å². The highest BCUT2D eigenvalue weighted by molar-refractivity contribution is 5.72. The van der Waals surface area contributed by atoms with Gasteiger partial charge in [-0.15, -0.1) is 0 Å². The van der Waals surface area contributed by atoms with Crippen LogP contribution in [0.1, 0.15) is 12.6 Å². The molecule has 0 saturated carbocycles. The average molecular weight is 402 g/mol. The van der Waals surface area contributed by atoms with Crippen LogP contribution in [0.15, 0.2) is 55.0 Å². The van der Waals surface area contributed by atoms with E-state index in [0.717, 1.165) is 11.1 Å². The highest BCUT2D eigenvalue weighted by Crippen LogP contribution is 2.25. The maximum atomic E-state index is 11.3. The van der Waals surface area contributed by atoms with Gasteiger partial charge in [0.1, 0.15) is 17.5 Å². The van der Waals surface area contributed by atoms with Crippen molar-refractivity contribution in [3.05, 3.63) is 60.7 Å². The number of aromatic nitrogens is 3. The summed E-state index contributed by atoms with van der Waals surface area (Å²) in [6, 6.07) is 13.1. The number of hydrogen-bond donors (Lipinski definition) is 0. The van der Waals surface area contributed by atoms with Crippen LogP contribution in [0.3, 0.4) is 0 Å². The van der Waals surface area contributed by atoms with Crippen molar-refractivity contribution in [2.75, 3.05) is 32.1 Å². The Morgan fingerprint density at radius 1 is 1.10 bits per heavy atom. The summed E-state index contributed by atoms with van der Waals surface area (Å²) in [4.78, 5) is 27.6. The molecule has 1 amide bonds. The second kappa shape index (κ2) is 9.47. The Balaban J connectivity index is 1.67. The van der Waals surface area contributed by atoms with Crippen molar-refractivity contribution in [2.24, 2.45) is 0 Å². The molecule has 0 aliphatic carbocycles. The Bertz CT molecular complexity index is 1060. The number of likely N-dealkylation sites (N-methyl/N-ethyl adjacent to an activating group) is 2. The van der Waals surface area contributed by atoms with Crippen molar-refractivity contribution in [1.82, 2.24) is 19.9 Å². The lowest BCUT2D eigenvalue weighted by atomic mass is 10.1. The Hall–Kier alpha value is -3.99. The number of nitriles is 1. The number of carbonyl (C=O) groups excluding carboxylic acids is 1. The van der Waals surface area contributed by atoms with Gasteiger partial charge in [0.05, 0.1) is 12.4 Å². The van der Waals surface area contributed by atoms with Gasteiger partial charge in [-0.05, 0) is 35.4 Å². The van der Waals surface area contributed by atoms with Crippen LogP contribution in [-0.2, 0) is 4.79 Å². The third-order valence-electron chi connectivity index (χ3n) is 4.58. The fraction of sp³-hybridized carbons (Fsp3) is 0.227. The molecule has 2 aromatic heterocycles.